The Morgan fingerprint density at radius 2 is 1.74 bits per heavy atom. The van der Waals surface area contributed by atoms with Crippen LogP contribution in [0.2, 0.25) is 0 Å². The first-order valence-electron chi connectivity index (χ1n) is 7.65. The van der Waals surface area contributed by atoms with Gasteiger partial charge in [-0.2, -0.15) is 0 Å². The van der Waals surface area contributed by atoms with Crippen LogP contribution in [0.4, 0.5) is 0 Å². The number of rotatable bonds is 7. The van der Waals surface area contributed by atoms with E-state index in [1.54, 1.807) is 19.2 Å². The highest BCUT2D eigenvalue weighted by atomic mass is 32.2. The molecule has 4 nitrogen and oxygen atoms in total. The molecule has 0 fully saturated rings. The quantitative estimate of drug-likeness (QED) is 0.846. The van der Waals surface area contributed by atoms with Gasteiger partial charge in [-0.05, 0) is 42.2 Å². The maximum Gasteiger partial charge on any atom is 0.240 e. The summed E-state index contributed by atoms with van der Waals surface area (Å²) in [5, 5.41) is 0. The highest BCUT2D eigenvalue weighted by molar-refractivity contribution is 7.89. The lowest BCUT2D eigenvalue weighted by Crippen LogP contribution is -2.29. The lowest BCUT2D eigenvalue weighted by atomic mass is 10.0. The van der Waals surface area contributed by atoms with Crippen molar-refractivity contribution < 1.29 is 13.2 Å². The Hall–Kier alpha value is -1.69. The Morgan fingerprint density at radius 1 is 1.09 bits per heavy atom. The predicted molar refractivity (Wildman–Crippen MR) is 91.9 cm³/mol. The summed E-state index contributed by atoms with van der Waals surface area (Å²) in [6.45, 7) is 4.21. The van der Waals surface area contributed by atoms with Crippen LogP contribution in [0.25, 0.3) is 0 Å². The molecule has 0 aromatic heterocycles. The molecule has 1 unspecified atom stereocenters. The van der Waals surface area contributed by atoms with Crippen LogP contribution in [0, 0.1) is 6.92 Å². The van der Waals surface area contributed by atoms with Gasteiger partial charge >= 0.3 is 0 Å². The van der Waals surface area contributed by atoms with E-state index < -0.39 is 10.0 Å². The smallest absolute Gasteiger partial charge is 0.240 e. The zero-order valence-corrected chi connectivity index (χ0v) is 14.6. The number of hydrogen-bond acceptors (Lipinski definition) is 3. The maximum atomic E-state index is 12.4. The monoisotopic (exact) mass is 333 g/mol. The molecule has 0 amide bonds. The van der Waals surface area contributed by atoms with E-state index in [4.69, 9.17) is 4.74 Å². The van der Waals surface area contributed by atoms with Crippen LogP contribution in [0.3, 0.4) is 0 Å². The van der Waals surface area contributed by atoms with Crippen LogP contribution in [-0.4, -0.2) is 22.1 Å². The molecular formula is C18H23NO3S. The highest BCUT2D eigenvalue weighted by Crippen LogP contribution is 2.20. The third-order valence-electron chi connectivity index (χ3n) is 3.92. The van der Waals surface area contributed by atoms with E-state index in [0.717, 1.165) is 23.1 Å². The van der Waals surface area contributed by atoms with E-state index in [2.05, 4.69) is 4.72 Å². The molecule has 2 aromatic rings. The van der Waals surface area contributed by atoms with Gasteiger partial charge in [-0.25, -0.2) is 13.1 Å². The average molecular weight is 333 g/mol. The Morgan fingerprint density at radius 3 is 2.30 bits per heavy atom. The maximum absolute atomic E-state index is 12.4. The number of aryl methyl sites for hydroxylation is 2. The van der Waals surface area contributed by atoms with Crippen LogP contribution in [0.5, 0.6) is 0 Å². The molecule has 0 saturated carbocycles. The molecule has 0 radical (unpaired) electrons. The largest absolute Gasteiger partial charge is 0.375 e. The fourth-order valence-corrected chi connectivity index (χ4v) is 3.47. The minimum Gasteiger partial charge on any atom is -0.375 e. The zero-order chi connectivity index (χ0) is 16.9. The molecule has 5 heteroatoms. The van der Waals surface area contributed by atoms with Crippen molar-refractivity contribution in [2.75, 3.05) is 13.7 Å². The highest BCUT2D eigenvalue weighted by Gasteiger charge is 2.18. The van der Waals surface area contributed by atoms with Crippen molar-refractivity contribution in [1.29, 1.82) is 0 Å². The fourth-order valence-electron chi connectivity index (χ4n) is 2.44. The first-order valence-corrected chi connectivity index (χ1v) is 9.13. The van der Waals surface area contributed by atoms with Gasteiger partial charge in [-0.1, -0.05) is 43.3 Å². The summed E-state index contributed by atoms with van der Waals surface area (Å²) >= 11 is 0. The topological polar surface area (TPSA) is 55.4 Å². The van der Waals surface area contributed by atoms with Crippen LogP contribution < -0.4 is 4.72 Å². The molecule has 1 atom stereocenters. The number of hydrogen-bond donors (Lipinski definition) is 1. The average Bonchev–Trinajstić information content (AvgIpc) is 2.57. The number of methoxy groups -OCH3 is 1. The molecule has 0 aliphatic rings. The third-order valence-corrected chi connectivity index (χ3v) is 5.36. The van der Waals surface area contributed by atoms with Crippen molar-refractivity contribution in [3.05, 3.63) is 65.2 Å². The van der Waals surface area contributed by atoms with Crippen molar-refractivity contribution in [3.63, 3.8) is 0 Å². The summed E-state index contributed by atoms with van der Waals surface area (Å²) in [6.07, 6.45) is 0.563. The lowest BCUT2D eigenvalue weighted by Gasteiger charge is -2.18. The van der Waals surface area contributed by atoms with E-state index in [9.17, 15) is 8.42 Å². The van der Waals surface area contributed by atoms with Gasteiger partial charge in [-0.3, -0.25) is 0 Å². The van der Waals surface area contributed by atoms with Gasteiger partial charge in [0.25, 0.3) is 0 Å². The van der Waals surface area contributed by atoms with E-state index in [1.165, 1.54) is 0 Å². The number of benzene rings is 2. The molecule has 124 valence electrons. The predicted octanol–water partition coefficient (Wildman–Crippen LogP) is 3.22. The first kappa shape index (κ1) is 17.7. The van der Waals surface area contributed by atoms with Gasteiger partial charge in [0, 0.05) is 13.7 Å². The van der Waals surface area contributed by atoms with Crippen molar-refractivity contribution in [2.45, 2.75) is 31.3 Å². The first-order chi connectivity index (χ1) is 11.0. The summed E-state index contributed by atoms with van der Waals surface area (Å²) in [7, 11) is -1.96. The molecule has 0 saturated heterocycles. The van der Waals surface area contributed by atoms with Crippen molar-refractivity contribution in [2.24, 2.45) is 0 Å². The molecule has 0 bridgehead atoms. The second-order valence-corrected chi connectivity index (χ2v) is 7.20. The second kappa shape index (κ2) is 7.73. The van der Waals surface area contributed by atoms with E-state index >= 15 is 0 Å². The summed E-state index contributed by atoms with van der Waals surface area (Å²) < 4.78 is 32.9. The van der Waals surface area contributed by atoms with Gasteiger partial charge in [-0.15, -0.1) is 0 Å². The lowest BCUT2D eigenvalue weighted by molar-refractivity contribution is 0.107. The SMILES string of the molecule is CCc1ccc(S(=O)(=O)NCC(OC)c2ccccc2C)cc1. The Kier molecular flexibility index (Phi) is 5.93. The molecule has 0 heterocycles. The summed E-state index contributed by atoms with van der Waals surface area (Å²) in [6, 6.07) is 14.8. The van der Waals surface area contributed by atoms with Crippen LogP contribution in [0.15, 0.2) is 53.4 Å². The Labute approximate surface area is 138 Å². The minimum atomic E-state index is -3.54. The van der Waals surface area contributed by atoms with Gasteiger partial charge in [0.05, 0.1) is 11.0 Å². The standard InChI is InChI=1S/C18H23NO3S/c1-4-15-9-11-16(12-10-15)23(20,21)19-13-18(22-3)17-8-6-5-7-14(17)2/h5-12,18-19H,4,13H2,1-3H3. The van der Waals surface area contributed by atoms with Crippen LogP contribution >= 0.6 is 0 Å². The molecule has 1 N–H and O–H groups in total. The van der Waals surface area contributed by atoms with E-state index in [-0.39, 0.29) is 17.5 Å². The van der Waals surface area contributed by atoms with Crippen molar-refractivity contribution in [3.8, 4) is 0 Å². The molecule has 2 rings (SSSR count). The Bertz CT molecular complexity index is 739. The van der Waals surface area contributed by atoms with Crippen molar-refractivity contribution >= 4 is 10.0 Å². The van der Waals surface area contributed by atoms with Crippen LogP contribution in [-0.2, 0) is 21.2 Å². The fraction of sp³-hybridized carbons (Fsp3) is 0.333. The van der Waals surface area contributed by atoms with Gasteiger partial charge in [0.2, 0.25) is 10.0 Å². The molecule has 0 spiro atoms. The van der Waals surface area contributed by atoms with E-state index in [1.807, 2.05) is 50.2 Å². The van der Waals surface area contributed by atoms with Gasteiger partial charge in [0.1, 0.15) is 0 Å². The molecule has 2 aromatic carbocycles. The summed E-state index contributed by atoms with van der Waals surface area (Å²) in [5.74, 6) is 0. The van der Waals surface area contributed by atoms with E-state index in [0.29, 0.717) is 0 Å². The number of ether oxygens (including phenoxy) is 1. The molecule has 23 heavy (non-hydrogen) atoms. The minimum absolute atomic E-state index is 0.194. The molecular weight excluding hydrogens is 310 g/mol. The number of nitrogens with one attached hydrogen (secondary N) is 1. The van der Waals surface area contributed by atoms with Gasteiger partial charge in [0.15, 0.2) is 0 Å². The normalized spacial score (nSPS) is 13.0. The molecule has 0 aliphatic heterocycles. The second-order valence-electron chi connectivity index (χ2n) is 5.43. The summed E-state index contributed by atoms with van der Waals surface area (Å²) in [5.41, 5.74) is 3.17. The molecule has 0 aliphatic carbocycles. The van der Waals surface area contributed by atoms with Gasteiger partial charge < -0.3 is 4.74 Å². The Balaban J connectivity index is 2.12. The summed E-state index contributed by atoms with van der Waals surface area (Å²) in [4.78, 5) is 0.273. The van der Waals surface area contributed by atoms with Crippen LogP contribution in [0.1, 0.15) is 29.7 Å². The number of sulfonamides is 1. The third kappa shape index (κ3) is 4.41. The zero-order valence-electron chi connectivity index (χ0n) is 13.7. The van der Waals surface area contributed by atoms with Crippen molar-refractivity contribution in [1.82, 2.24) is 4.72 Å².